The maximum atomic E-state index is 14.1. The van der Waals surface area contributed by atoms with Crippen LogP contribution in [0, 0.1) is 0 Å². The number of halogens is 6. The third-order valence-corrected chi connectivity index (χ3v) is 4.99. The number of ether oxygens (including phenoxy) is 2. The van der Waals surface area contributed by atoms with Crippen molar-refractivity contribution in [2.75, 3.05) is 25.6 Å². The number of urea groups is 1. The van der Waals surface area contributed by atoms with Gasteiger partial charge in [-0.15, -0.1) is 0 Å². The van der Waals surface area contributed by atoms with Crippen LogP contribution in [0.25, 0.3) is 0 Å². The van der Waals surface area contributed by atoms with Crippen LogP contribution in [0.1, 0.15) is 11.1 Å². The second-order valence-electron chi connectivity index (χ2n) is 7.04. The molecule has 0 radical (unpaired) electrons. The number of nitrogens with zero attached hydrogens (tertiary/aromatic N) is 3. The third-order valence-electron chi connectivity index (χ3n) is 4.99. The molecule has 13 heteroatoms. The van der Waals surface area contributed by atoms with E-state index >= 15 is 0 Å². The minimum Gasteiger partial charge on any atom is -0.436 e. The van der Waals surface area contributed by atoms with Gasteiger partial charge in [-0.1, -0.05) is 30.3 Å². The summed E-state index contributed by atoms with van der Waals surface area (Å²) in [5, 5.41) is 0. The maximum absolute atomic E-state index is 14.1. The average Bonchev–Trinajstić information content (AvgIpc) is 3.01. The van der Waals surface area contributed by atoms with Crippen LogP contribution in [-0.4, -0.2) is 55.0 Å². The van der Waals surface area contributed by atoms with Crippen LogP contribution < -0.4 is 4.90 Å². The normalized spacial score (nSPS) is 18.9. The lowest BCUT2D eigenvalue weighted by molar-refractivity contribution is -0.278. The van der Waals surface area contributed by atoms with Crippen molar-refractivity contribution in [3.05, 3.63) is 59.8 Å². The zero-order valence-corrected chi connectivity index (χ0v) is 17.1. The molecule has 0 aliphatic carbocycles. The van der Waals surface area contributed by atoms with Crippen LogP contribution in [-0.2, 0) is 26.0 Å². The van der Waals surface area contributed by atoms with Crippen LogP contribution in [0.2, 0.25) is 0 Å². The summed E-state index contributed by atoms with van der Waals surface area (Å²) in [6.45, 7) is -0.422. The second-order valence-corrected chi connectivity index (χ2v) is 7.04. The first kappa shape index (κ1) is 24.3. The number of pyridine rings is 1. The predicted octanol–water partition coefficient (Wildman–Crippen LogP) is 3.95. The van der Waals surface area contributed by atoms with E-state index in [0.29, 0.717) is 24.1 Å². The molecule has 7 nitrogen and oxygen atoms in total. The Morgan fingerprint density at radius 3 is 2.24 bits per heavy atom. The number of hydrogen-bond donors (Lipinski definition) is 0. The van der Waals surface area contributed by atoms with Crippen LogP contribution in [0.15, 0.2) is 48.7 Å². The van der Waals surface area contributed by atoms with E-state index in [1.165, 1.54) is 25.2 Å². The predicted molar refractivity (Wildman–Crippen MR) is 101 cm³/mol. The molecular formula is C20H17F6N3O4. The highest BCUT2D eigenvalue weighted by molar-refractivity contribution is 5.94. The molecule has 1 saturated heterocycles. The zero-order valence-electron chi connectivity index (χ0n) is 17.1. The molecule has 33 heavy (non-hydrogen) atoms. The van der Waals surface area contributed by atoms with Gasteiger partial charge in [-0.2, -0.15) is 26.3 Å². The van der Waals surface area contributed by atoms with Gasteiger partial charge in [-0.25, -0.2) is 19.5 Å². The molecule has 1 aliphatic heterocycles. The first-order chi connectivity index (χ1) is 15.3. The highest BCUT2D eigenvalue weighted by atomic mass is 19.4. The van der Waals surface area contributed by atoms with Gasteiger partial charge < -0.3 is 14.4 Å². The Balaban J connectivity index is 2.01. The molecule has 0 N–H and O–H groups in total. The number of anilines is 1. The molecule has 1 aliphatic rings. The zero-order chi connectivity index (χ0) is 24.6. The number of methoxy groups -OCH3 is 1. The molecule has 0 bridgehead atoms. The van der Waals surface area contributed by atoms with E-state index in [1.807, 2.05) is 0 Å². The molecule has 1 aromatic carbocycles. The highest BCUT2D eigenvalue weighted by Crippen LogP contribution is 2.43. The number of esters is 1. The summed E-state index contributed by atoms with van der Waals surface area (Å²) in [5.41, 5.74) is -5.26. The number of carbonyl (C=O) groups excluding carboxylic acids is 2. The number of rotatable bonds is 5. The fourth-order valence-electron chi connectivity index (χ4n) is 3.36. The number of likely N-dealkylation sites (N-methyl/N-ethyl adjacent to an activating group) is 1. The van der Waals surface area contributed by atoms with Gasteiger partial charge in [0.1, 0.15) is 5.82 Å². The molecule has 1 fully saturated rings. The van der Waals surface area contributed by atoms with Gasteiger partial charge in [-0.05, 0) is 12.1 Å². The lowest BCUT2D eigenvalue weighted by Gasteiger charge is -2.34. The molecule has 2 amide bonds. The summed E-state index contributed by atoms with van der Waals surface area (Å²) < 4.78 is 91.2. The summed E-state index contributed by atoms with van der Waals surface area (Å²) in [6.07, 6.45) is -11.0. The van der Waals surface area contributed by atoms with Crippen molar-refractivity contribution in [1.82, 2.24) is 9.88 Å². The number of aromatic nitrogens is 1. The van der Waals surface area contributed by atoms with Gasteiger partial charge in [0.05, 0.1) is 12.1 Å². The lowest BCUT2D eigenvalue weighted by atomic mass is 9.92. The van der Waals surface area contributed by atoms with Crippen molar-refractivity contribution in [3.8, 4) is 0 Å². The molecule has 3 rings (SSSR count). The van der Waals surface area contributed by atoms with E-state index in [1.54, 1.807) is 0 Å². The van der Waals surface area contributed by atoms with Gasteiger partial charge in [0.2, 0.25) is 6.23 Å². The Morgan fingerprint density at radius 2 is 1.70 bits per heavy atom. The van der Waals surface area contributed by atoms with Crippen LogP contribution >= 0.6 is 0 Å². The summed E-state index contributed by atoms with van der Waals surface area (Å²) in [7, 11) is 1.90. The third kappa shape index (κ3) is 4.32. The van der Waals surface area contributed by atoms with Crippen molar-refractivity contribution in [3.63, 3.8) is 0 Å². The SMILES string of the molecule is COC(C(=O)OC1CN(C)C(=O)N1c1cc(C(F)(F)F)ccn1)(c1ccccc1)C(F)(F)F. The molecule has 2 heterocycles. The van der Waals surface area contributed by atoms with Gasteiger partial charge >= 0.3 is 24.4 Å². The highest BCUT2D eigenvalue weighted by Gasteiger charge is 2.64. The minimum absolute atomic E-state index is 0.422. The molecule has 2 atom stereocenters. The van der Waals surface area contributed by atoms with Gasteiger partial charge in [0.25, 0.3) is 5.60 Å². The Labute approximate surface area is 183 Å². The number of carbonyl (C=O) groups is 2. The quantitative estimate of drug-likeness (QED) is 0.482. The molecule has 2 unspecified atom stereocenters. The van der Waals surface area contributed by atoms with Crippen molar-refractivity contribution in [2.45, 2.75) is 24.2 Å². The Kier molecular flexibility index (Phi) is 6.29. The van der Waals surface area contributed by atoms with Crippen molar-refractivity contribution in [1.29, 1.82) is 0 Å². The summed E-state index contributed by atoms with van der Waals surface area (Å²) in [6, 6.07) is 6.23. The lowest BCUT2D eigenvalue weighted by Crippen LogP contribution is -2.54. The molecule has 2 aromatic rings. The van der Waals surface area contributed by atoms with E-state index < -0.39 is 59.7 Å². The Hall–Kier alpha value is -3.35. The number of alkyl halides is 6. The van der Waals surface area contributed by atoms with E-state index in [0.717, 1.165) is 23.2 Å². The van der Waals surface area contributed by atoms with Crippen molar-refractivity contribution < 1.29 is 45.4 Å². The van der Waals surface area contributed by atoms with Crippen molar-refractivity contribution in [2.24, 2.45) is 0 Å². The van der Waals surface area contributed by atoms with Crippen molar-refractivity contribution >= 4 is 17.8 Å². The van der Waals surface area contributed by atoms with E-state index in [-0.39, 0.29) is 0 Å². The first-order valence-electron chi connectivity index (χ1n) is 9.29. The topological polar surface area (TPSA) is 72.0 Å². The monoisotopic (exact) mass is 477 g/mol. The minimum atomic E-state index is -5.27. The molecule has 0 saturated carbocycles. The van der Waals surface area contributed by atoms with Crippen LogP contribution in [0.4, 0.5) is 37.0 Å². The summed E-state index contributed by atoms with van der Waals surface area (Å²) in [4.78, 5) is 30.7. The molecule has 178 valence electrons. The number of benzene rings is 1. The fourth-order valence-corrected chi connectivity index (χ4v) is 3.36. The average molecular weight is 477 g/mol. The van der Waals surface area contributed by atoms with Gasteiger partial charge in [-0.3, -0.25) is 0 Å². The van der Waals surface area contributed by atoms with E-state index in [4.69, 9.17) is 4.74 Å². The molecule has 0 spiro atoms. The largest absolute Gasteiger partial charge is 0.436 e. The maximum Gasteiger partial charge on any atom is 0.432 e. The summed E-state index contributed by atoms with van der Waals surface area (Å²) >= 11 is 0. The van der Waals surface area contributed by atoms with E-state index in [9.17, 15) is 35.9 Å². The molecule has 1 aromatic heterocycles. The molecular weight excluding hydrogens is 460 g/mol. The van der Waals surface area contributed by atoms with Gasteiger partial charge in [0.15, 0.2) is 0 Å². The number of amides is 2. The Morgan fingerprint density at radius 1 is 1.06 bits per heavy atom. The summed E-state index contributed by atoms with van der Waals surface area (Å²) in [5.74, 6) is -2.44. The van der Waals surface area contributed by atoms with Crippen LogP contribution in [0.3, 0.4) is 0 Å². The fraction of sp³-hybridized carbons (Fsp3) is 0.350. The Bertz CT molecular complexity index is 1030. The van der Waals surface area contributed by atoms with E-state index in [2.05, 4.69) is 9.72 Å². The van der Waals surface area contributed by atoms with Gasteiger partial charge in [0, 0.05) is 25.9 Å². The smallest absolute Gasteiger partial charge is 0.432 e. The van der Waals surface area contributed by atoms with Crippen LogP contribution in [0.5, 0.6) is 0 Å². The second kappa shape index (κ2) is 8.54. The standard InChI is InChI=1S/C20H17F6N3O4/c1-28-11-15(29(17(28)31)14-10-13(8-9-27-14)19(21,22)23)33-16(30)18(32-2,20(24,25)26)12-6-4-3-5-7-12/h3-10,15H,11H2,1-2H3. The number of hydrogen-bond acceptors (Lipinski definition) is 5. The first-order valence-corrected chi connectivity index (χ1v) is 9.29.